The zero-order chi connectivity index (χ0) is 63.6. The van der Waals surface area contributed by atoms with Crippen LogP contribution < -0.4 is 0 Å². The van der Waals surface area contributed by atoms with Gasteiger partial charge in [0.15, 0.2) is 0 Å². The van der Waals surface area contributed by atoms with E-state index in [-0.39, 0.29) is 32.8 Å². The summed E-state index contributed by atoms with van der Waals surface area (Å²) in [6, 6.07) is 13.0. The van der Waals surface area contributed by atoms with E-state index in [2.05, 4.69) is 13.8 Å². The number of hydrogen-bond acceptors (Lipinski definition) is 6. The van der Waals surface area contributed by atoms with Gasteiger partial charge in [-0.25, -0.2) is 16.8 Å². The smallest absolute Gasteiger partial charge is 0.744 e. The van der Waals surface area contributed by atoms with Crippen molar-refractivity contribution in [2.45, 2.75) is 447 Å². The van der Waals surface area contributed by atoms with Gasteiger partial charge < -0.3 is 9.11 Å². The summed E-state index contributed by atoms with van der Waals surface area (Å²) < 4.78 is 66.9. The van der Waals surface area contributed by atoms with Gasteiger partial charge in [0.1, 0.15) is 20.2 Å². The molecule has 0 amide bonds. The molecule has 0 aliphatic heterocycles. The third-order valence-electron chi connectivity index (χ3n) is 19.0. The van der Waals surface area contributed by atoms with Gasteiger partial charge in [-0.15, -0.1) is 0 Å². The molecule has 89 heavy (non-hydrogen) atoms. The van der Waals surface area contributed by atoms with Crippen LogP contribution in [0.2, 0.25) is 0 Å². The van der Waals surface area contributed by atoms with E-state index in [4.69, 9.17) is 0 Å². The van der Waals surface area contributed by atoms with Gasteiger partial charge in [0.05, 0.1) is 9.79 Å². The molecule has 0 fully saturated rings. The topological polar surface area (TPSA) is 114 Å². The van der Waals surface area contributed by atoms with Gasteiger partial charge in [0.2, 0.25) is 0 Å². The van der Waals surface area contributed by atoms with Gasteiger partial charge >= 0.3 is 23.1 Å². The second kappa shape index (κ2) is 68.4. The predicted molar refractivity (Wildman–Crippen MR) is 389 cm³/mol. The molecule has 0 atom stereocenters. The van der Waals surface area contributed by atoms with Crippen LogP contribution in [-0.2, 0) is 33.1 Å². The van der Waals surface area contributed by atoms with E-state index in [9.17, 15) is 25.9 Å². The molecule has 516 valence electrons. The summed E-state index contributed by atoms with van der Waals surface area (Å²) in [4.78, 5) is -0.211. The summed E-state index contributed by atoms with van der Waals surface area (Å²) in [6.07, 6.45) is 92.0. The molecule has 2 aromatic rings. The Hall–Kier alpha value is -0.974. The summed E-state index contributed by atoms with van der Waals surface area (Å²) in [5.74, 6) is 0. The molecule has 0 spiro atoms. The minimum absolute atomic E-state index is 0. The number of benzene rings is 2. The van der Waals surface area contributed by atoms with E-state index >= 15 is 0 Å². The van der Waals surface area contributed by atoms with Crippen molar-refractivity contribution in [1.29, 1.82) is 0 Å². The summed E-state index contributed by atoms with van der Waals surface area (Å²) in [5.41, 5.74) is 1.90. The molecule has 0 bridgehead atoms. The van der Waals surface area contributed by atoms with Crippen molar-refractivity contribution in [3.63, 3.8) is 0 Å². The van der Waals surface area contributed by atoms with E-state index in [1.54, 1.807) is 12.1 Å². The molecule has 0 aliphatic rings. The summed E-state index contributed by atoms with van der Waals surface area (Å²) in [7, 11) is -8.69. The summed E-state index contributed by atoms with van der Waals surface area (Å²) >= 11 is 0. The Morgan fingerprint density at radius 2 is 0.360 bits per heavy atom. The Morgan fingerprint density at radius 3 is 0.494 bits per heavy atom. The van der Waals surface area contributed by atoms with Crippen LogP contribution in [0.1, 0.15) is 436 Å². The molecular formula is C80H146MgO6S2. The maximum absolute atomic E-state index is 11.1. The molecule has 2 rings (SSSR count). The fraction of sp³-hybridized carbons (Fsp3) is 0.850. The monoisotopic (exact) mass is 1290 g/mol. The molecule has 0 aromatic heterocycles. The van der Waals surface area contributed by atoms with Crippen LogP contribution in [0.5, 0.6) is 0 Å². The van der Waals surface area contributed by atoms with Crippen molar-refractivity contribution in [3.8, 4) is 0 Å². The van der Waals surface area contributed by atoms with Crippen LogP contribution in [0, 0.1) is 0 Å². The number of rotatable bonds is 68. The second-order valence-corrected chi connectivity index (χ2v) is 30.4. The van der Waals surface area contributed by atoms with E-state index < -0.39 is 20.2 Å². The van der Waals surface area contributed by atoms with Gasteiger partial charge in [0, 0.05) is 0 Å². The van der Waals surface area contributed by atoms with Crippen LogP contribution in [0.3, 0.4) is 0 Å². The van der Waals surface area contributed by atoms with Crippen LogP contribution >= 0.6 is 0 Å². The Bertz CT molecular complexity index is 1820. The molecule has 0 radical (unpaired) electrons. The van der Waals surface area contributed by atoms with Crippen LogP contribution in [-0.4, -0.2) is 49.0 Å². The van der Waals surface area contributed by atoms with Gasteiger partial charge in [-0.05, 0) is 61.1 Å². The molecule has 0 unspecified atom stereocenters. The molecule has 9 heteroatoms. The Kier molecular flexibility index (Phi) is 67.7. The van der Waals surface area contributed by atoms with E-state index in [1.807, 2.05) is 12.1 Å². The van der Waals surface area contributed by atoms with Crippen molar-refractivity contribution in [1.82, 2.24) is 0 Å². The Morgan fingerprint density at radius 1 is 0.225 bits per heavy atom. The zero-order valence-corrected chi connectivity index (χ0v) is 62.3. The maximum Gasteiger partial charge on any atom is 2.00 e. The standard InChI is InChI=1S/2C40H74O3S.Mg/c2*1-2-3-4-5-6-7-8-9-10-11-12-13-14-15-16-17-18-19-20-21-22-23-24-25-26-27-28-29-30-31-32-33-35-39-36-34-37-40(38-39)44(41,42)43;/h2*34,36-38H,2-33,35H2,1H3,(H,41,42,43);/q;;+2/p-2. The van der Waals surface area contributed by atoms with Gasteiger partial charge in [0.25, 0.3) is 0 Å². The summed E-state index contributed by atoms with van der Waals surface area (Å²) in [6.45, 7) is 4.60. The zero-order valence-electron chi connectivity index (χ0n) is 59.3. The molecule has 0 saturated carbocycles. The molecular weight excluding hydrogens is 1150 g/mol. The average molecular weight is 1290 g/mol. The van der Waals surface area contributed by atoms with Gasteiger partial charge in [-0.2, -0.15) is 0 Å². The minimum Gasteiger partial charge on any atom is -0.744 e. The average Bonchev–Trinajstić information content (AvgIpc) is 3.67. The summed E-state index contributed by atoms with van der Waals surface area (Å²) in [5, 5.41) is 0. The van der Waals surface area contributed by atoms with E-state index in [0.29, 0.717) is 0 Å². The molecule has 2 aromatic carbocycles. The number of aryl methyl sites for hydroxylation is 2. The van der Waals surface area contributed by atoms with Crippen molar-refractivity contribution < 1.29 is 25.9 Å². The van der Waals surface area contributed by atoms with E-state index in [1.165, 1.54) is 422 Å². The van der Waals surface area contributed by atoms with Crippen molar-refractivity contribution in [2.24, 2.45) is 0 Å². The first-order valence-electron chi connectivity index (χ1n) is 39.2. The molecule has 0 saturated heterocycles. The first-order chi connectivity index (χ1) is 43.1. The SMILES string of the molecule is CCCCCCCCCCCCCCCCCCCCCCCCCCCCCCCCCCc1cccc(S(=O)(=O)[O-])c1.CCCCCCCCCCCCCCCCCCCCCCCCCCCCCCCCCCc1cccc(S(=O)(=O)[O-])c1.[Mg+2]. The van der Waals surface area contributed by atoms with Crippen molar-refractivity contribution >= 4 is 43.3 Å². The van der Waals surface area contributed by atoms with Crippen molar-refractivity contribution in [3.05, 3.63) is 59.7 Å². The number of hydrogen-bond donors (Lipinski definition) is 0. The molecule has 0 N–H and O–H groups in total. The van der Waals surface area contributed by atoms with Crippen LogP contribution in [0.4, 0.5) is 0 Å². The second-order valence-electron chi connectivity index (χ2n) is 27.6. The van der Waals surface area contributed by atoms with Gasteiger partial charge in [-0.3, -0.25) is 0 Å². The van der Waals surface area contributed by atoms with Gasteiger partial charge in [-0.1, -0.05) is 436 Å². The number of unbranched alkanes of at least 4 members (excludes halogenated alkanes) is 62. The quantitative estimate of drug-likeness (QED) is 0.0370. The maximum atomic E-state index is 11.1. The van der Waals surface area contributed by atoms with Crippen LogP contribution in [0.15, 0.2) is 58.3 Å². The molecule has 6 nitrogen and oxygen atoms in total. The minimum atomic E-state index is -4.35. The van der Waals surface area contributed by atoms with Crippen LogP contribution in [0.25, 0.3) is 0 Å². The van der Waals surface area contributed by atoms with E-state index in [0.717, 1.165) is 36.8 Å². The predicted octanol–water partition coefficient (Wildman–Crippen LogP) is 26.9. The van der Waals surface area contributed by atoms with Crippen molar-refractivity contribution in [2.75, 3.05) is 0 Å². The third-order valence-corrected chi connectivity index (χ3v) is 20.7. The normalized spacial score (nSPS) is 11.7. The first kappa shape index (κ1) is 88.0. The fourth-order valence-electron chi connectivity index (χ4n) is 13.1. The first-order valence-corrected chi connectivity index (χ1v) is 42.0. The largest absolute Gasteiger partial charge is 2.00 e. The Balaban J connectivity index is 0.00000172. The Labute approximate surface area is 572 Å². The molecule has 0 heterocycles. The third kappa shape index (κ3) is 64.2. The fourth-order valence-corrected chi connectivity index (χ4v) is 14.2. The molecule has 0 aliphatic carbocycles.